The molecule has 1 rings (SSSR count). The summed E-state index contributed by atoms with van der Waals surface area (Å²) in [6, 6.07) is -2.20. The van der Waals surface area contributed by atoms with Crippen LogP contribution in [0.15, 0.2) is 0 Å². The molecule has 0 saturated heterocycles. The monoisotopic (exact) mass is 399 g/mol. The lowest BCUT2D eigenvalue weighted by Crippen LogP contribution is -2.54. The van der Waals surface area contributed by atoms with E-state index in [4.69, 9.17) is 4.74 Å². The van der Waals surface area contributed by atoms with Crippen LogP contribution in [0.25, 0.3) is 0 Å². The van der Waals surface area contributed by atoms with Crippen molar-refractivity contribution in [2.45, 2.75) is 96.2 Å². The van der Waals surface area contributed by atoms with Gasteiger partial charge in [0.15, 0.2) is 0 Å². The molecule has 1 aliphatic rings. The van der Waals surface area contributed by atoms with Gasteiger partial charge in [-0.15, -0.1) is 0 Å². The fraction of sp³-hybridized carbons (Fsp3) is 0.944. The van der Waals surface area contributed by atoms with Crippen molar-refractivity contribution in [3.05, 3.63) is 0 Å². The molecule has 154 valence electrons. The Labute approximate surface area is 157 Å². The molecule has 0 aliphatic heterocycles. The van der Waals surface area contributed by atoms with E-state index in [0.29, 0.717) is 0 Å². The summed E-state index contributed by atoms with van der Waals surface area (Å²) in [4.78, 5) is 12.6. The quantitative estimate of drug-likeness (QED) is 0.669. The summed E-state index contributed by atoms with van der Waals surface area (Å²) in [6.45, 7) is 9.64. The van der Waals surface area contributed by atoms with Gasteiger partial charge in [-0.1, -0.05) is 25.7 Å². The number of carbonyl (C=O) groups is 1. The van der Waals surface area contributed by atoms with Crippen molar-refractivity contribution in [2.75, 3.05) is 0 Å². The van der Waals surface area contributed by atoms with Crippen molar-refractivity contribution in [2.24, 2.45) is 11.8 Å². The molecule has 0 aromatic rings. The second-order valence-corrected chi connectivity index (χ2v) is 11.0. The topological polar surface area (TPSA) is 55.4 Å². The smallest absolute Gasteiger partial charge is 0.405 e. The van der Waals surface area contributed by atoms with Crippen LogP contribution >= 0.6 is 0 Å². The minimum absolute atomic E-state index is 0.0576. The van der Waals surface area contributed by atoms with Crippen LogP contribution < -0.4 is 4.72 Å². The molecule has 0 unspecified atom stereocenters. The van der Waals surface area contributed by atoms with Crippen LogP contribution in [0.4, 0.5) is 13.2 Å². The van der Waals surface area contributed by atoms with E-state index in [2.05, 4.69) is 4.72 Å². The molecule has 3 atom stereocenters. The molecule has 8 heteroatoms. The van der Waals surface area contributed by atoms with Crippen molar-refractivity contribution in [3.63, 3.8) is 0 Å². The molecule has 4 nitrogen and oxygen atoms in total. The van der Waals surface area contributed by atoms with Crippen LogP contribution in [0.2, 0.25) is 0 Å². The molecular weight excluding hydrogens is 367 g/mol. The molecule has 26 heavy (non-hydrogen) atoms. The van der Waals surface area contributed by atoms with E-state index in [0.717, 1.165) is 25.7 Å². The minimum atomic E-state index is -4.71. The highest BCUT2D eigenvalue weighted by molar-refractivity contribution is 7.84. The Morgan fingerprint density at radius 3 is 2.00 bits per heavy atom. The second kappa shape index (κ2) is 8.59. The summed E-state index contributed by atoms with van der Waals surface area (Å²) in [5, 5.41) is 0. The summed E-state index contributed by atoms with van der Waals surface area (Å²) in [6.07, 6.45) is -1.07. The van der Waals surface area contributed by atoms with Gasteiger partial charge < -0.3 is 4.74 Å². The highest BCUT2D eigenvalue weighted by Crippen LogP contribution is 2.37. The molecule has 0 aromatic heterocycles. The Morgan fingerprint density at radius 2 is 1.62 bits per heavy atom. The average molecular weight is 400 g/mol. The fourth-order valence-electron chi connectivity index (χ4n) is 3.02. The highest BCUT2D eigenvalue weighted by Gasteiger charge is 2.50. The van der Waals surface area contributed by atoms with Crippen LogP contribution in [0.1, 0.15) is 73.6 Å². The van der Waals surface area contributed by atoms with Crippen LogP contribution in [0.3, 0.4) is 0 Å². The first kappa shape index (κ1) is 23.4. The first-order valence-corrected chi connectivity index (χ1v) is 10.2. The molecule has 0 spiro atoms. The number of halogens is 3. The SMILES string of the molecule is CC(C)(C)OC(=O)[C@@H](CC1CCCC1)[C@H](N[S@@](=O)C(C)(C)C)C(F)(F)F. The van der Waals surface area contributed by atoms with Crippen molar-refractivity contribution >= 4 is 17.0 Å². The van der Waals surface area contributed by atoms with Crippen molar-refractivity contribution in [3.8, 4) is 0 Å². The normalized spacial score (nSPS) is 20.7. The molecule has 1 aliphatic carbocycles. The Kier molecular flexibility index (Phi) is 7.73. The Balaban J connectivity index is 3.13. The third-order valence-corrected chi connectivity index (χ3v) is 5.90. The maximum Gasteiger partial charge on any atom is 0.405 e. The standard InChI is InChI=1S/C18H32F3NO3S/c1-16(2,3)25-15(23)13(11-12-9-7-8-10-12)14(18(19,20)21)22-26(24)17(4,5)6/h12-14,22H,7-11H2,1-6H3/t13-,14-,26-/m0/s1. The zero-order valence-electron chi connectivity index (χ0n) is 16.5. The van der Waals surface area contributed by atoms with Crippen LogP contribution in [0, 0.1) is 11.8 Å². The molecule has 0 bridgehead atoms. The zero-order valence-corrected chi connectivity index (χ0v) is 17.4. The summed E-state index contributed by atoms with van der Waals surface area (Å²) in [7, 11) is -1.96. The maximum absolute atomic E-state index is 13.8. The molecular formula is C18H32F3NO3S. The number of carbonyl (C=O) groups excluding carboxylic acids is 1. The van der Waals surface area contributed by atoms with E-state index in [1.54, 1.807) is 41.5 Å². The number of ether oxygens (including phenoxy) is 1. The predicted molar refractivity (Wildman–Crippen MR) is 96.8 cm³/mol. The van der Waals surface area contributed by atoms with Gasteiger partial charge in [0.25, 0.3) is 0 Å². The number of rotatable bonds is 6. The van der Waals surface area contributed by atoms with Gasteiger partial charge in [0.2, 0.25) is 0 Å². The summed E-state index contributed by atoms with van der Waals surface area (Å²) >= 11 is 0. The lowest BCUT2D eigenvalue weighted by molar-refractivity contribution is -0.186. The average Bonchev–Trinajstić information content (AvgIpc) is 2.90. The molecule has 1 N–H and O–H groups in total. The van der Waals surface area contributed by atoms with Gasteiger partial charge in [-0.05, 0) is 53.9 Å². The third kappa shape index (κ3) is 7.55. The van der Waals surface area contributed by atoms with Gasteiger partial charge in [-0.2, -0.15) is 13.2 Å². The lowest BCUT2D eigenvalue weighted by atomic mass is 9.87. The number of hydrogen-bond donors (Lipinski definition) is 1. The highest BCUT2D eigenvalue weighted by atomic mass is 32.2. The van der Waals surface area contributed by atoms with Crippen LogP contribution in [-0.4, -0.2) is 32.7 Å². The van der Waals surface area contributed by atoms with E-state index >= 15 is 0 Å². The summed E-state index contributed by atoms with van der Waals surface area (Å²) in [5.74, 6) is -2.24. The van der Waals surface area contributed by atoms with Crippen LogP contribution in [-0.2, 0) is 20.5 Å². The van der Waals surface area contributed by atoms with E-state index in [1.165, 1.54) is 0 Å². The van der Waals surface area contributed by atoms with E-state index in [-0.39, 0.29) is 12.3 Å². The fourth-order valence-corrected chi connectivity index (χ4v) is 3.90. The molecule has 1 fully saturated rings. The first-order valence-electron chi connectivity index (χ1n) is 9.09. The molecule has 1 saturated carbocycles. The number of nitrogens with one attached hydrogen (secondary N) is 1. The minimum Gasteiger partial charge on any atom is -0.460 e. The predicted octanol–water partition coefficient (Wildman–Crippen LogP) is 4.51. The number of alkyl halides is 3. The van der Waals surface area contributed by atoms with Gasteiger partial charge in [0, 0.05) is 0 Å². The zero-order chi connectivity index (χ0) is 20.3. The first-order chi connectivity index (χ1) is 11.6. The Morgan fingerprint density at radius 1 is 1.12 bits per heavy atom. The van der Waals surface area contributed by atoms with Gasteiger partial charge in [-0.3, -0.25) is 4.79 Å². The molecule has 0 heterocycles. The van der Waals surface area contributed by atoms with Crippen molar-refractivity contribution < 1.29 is 26.9 Å². The Hall–Kier alpha value is -0.630. The molecule has 0 amide bonds. The second-order valence-electron chi connectivity index (χ2n) is 9.04. The van der Waals surface area contributed by atoms with E-state index in [1.807, 2.05) is 0 Å². The van der Waals surface area contributed by atoms with Gasteiger partial charge in [-0.25, -0.2) is 8.93 Å². The van der Waals surface area contributed by atoms with E-state index < -0.39 is 45.4 Å². The lowest BCUT2D eigenvalue weighted by Gasteiger charge is -2.33. The molecule has 0 aromatic carbocycles. The van der Waals surface area contributed by atoms with Gasteiger partial charge in [0.1, 0.15) is 11.6 Å². The van der Waals surface area contributed by atoms with E-state index in [9.17, 15) is 22.2 Å². The van der Waals surface area contributed by atoms with Gasteiger partial charge in [0.05, 0.1) is 21.7 Å². The summed E-state index contributed by atoms with van der Waals surface area (Å²) in [5.41, 5.74) is -0.885. The number of esters is 1. The number of hydrogen-bond acceptors (Lipinski definition) is 3. The Bertz CT molecular complexity index is 503. The van der Waals surface area contributed by atoms with Gasteiger partial charge >= 0.3 is 12.1 Å². The largest absolute Gasteiger partial charge is 0.460 e. The van der Waals surface area contributed by atoms with Crippen molar-refractivity contribution in [1.82, 2.24) is 4.72 Å². The van der Waals surface area contributed by atoms with Crippen molar-refractivity contribution in [1.29, 1.82) is 0 Å². The maximum atomic E-state index is 13.8. The third-order valence-electron chi connectivity index (χ3n) is 4.32. The van der Waals surface area contributed by atoms with Crippen LogP contribution in [0.5, 0.6) is 0 Å². The molecule has 0 radical (unpaired) electrons. The summed E-state index contributed by atoms with van der Waals surface area (Å²) < 4.78 is 60.2.